The first-order valence-corrected chi connectivity index (χ1v) is 6.94. The van der Waals surface area contributed by atoms with E-state index < -0.39 is 0 Å². The van der Waals surface area contributed by atoms with Crippen molar-refractivity contribution in [1.82, 2.24) is 10.6 Å². The molecule has 0 spiro atoms. The Bertz CT molecular complexity index is 430. The van der Waals surface area contributed by atoms with Crippen molar-refractivity contribution in [3.05, 3.63) is 35.6 Å². The normalized spacial score (nSPS) is 20.8. The molecule has 4 heteroatoms. The molecular formula is C15H21FN2O. The number of nitrogens with one attached hydrogen (secondary N) is 2. The Hall–Kier alpha value is -1.42. The molecular weight excluding hydrogens is 243 g/mol. The molecule has 2 N–H and O–H groups in total. The van der Waals surface area contributed by atoms with E-state index in [4.69, 9.17) is 0 Å². The highest BCUT2D eigenvalue weighted by Crippen LogP contribution is 2.17. The second-order valence-corrected chi connectivity index (χ2v) is 5.16. The second kappa shape index (κ2) is 6.66. The molecule has 104 valence electrons. The SMILES string of the molecule is CC(NC(=O)CC1CCCCN1)c1ccccc1F. The number of carbonyl (C=O) groups excluding carboxylic acids is 1. The molecule has 1 aliphatic heterocycles. The van der Waals surface area contributed by atoms with Crippen LogP contribution >= 0.6 is 0 Å². The smallest absolute Gasteiger partial charge is 0.222 e. The Kier molecular flexibility index (Phi) is 4.91. The second-order valence-electron chi connectivity index (χ2n) is 5.16. The van der Waals surface area contributed by atoms with Crippen LogP contribution in [0, 0.1) is 5.82 Å². The van der Waals surface area contributed by atoms with E-state index in [0.29, 0.717) is 12.0 Å². The number of rotatable bonds is 4. The highest BCUT2D eigenvalue weighted by Gasteiger charge is 2.18. The molecule has 2 unspecified atom stereocenters. The van der Waals surface area contributed by atoms with Gasteiger partial charge in [-0.15, -0.1) is 0 Å². The lowest BCUT2D eigenvalue weighted by Gasteiger charge is -2.24. The molecule has 2 rings (SSSR count). The van der Waals surface area contributed by atoms with E-state index in [2.05, 4.69) is 10.6 Å². The molecule has 1 aliphatic rings. The van der Waals surface area contributed by atoms with E-state index >= 15 is 0 Å². The molecule has 1 aromatic carbocycles. The number of amides is 1. The molecule has 1 heterocycles. The minimum absolute atomic E-state index is 0.0184. The standard InChI is InChI=1S/C15H21FN2O/c1-11(13-7-2-3-8-14(13)16)18-15(19)10-12-6-4-5-9-17-12/h2-3,7-8,11-12,17H,4-6,9-10H2,1H3,(H,18,19). The van der Waals surface area contributed by atoms with Crippen LogP contribution in [-0.4, -0.2) is 18.5 Å². The van der Waals surface area contributed by atoms with Gasteiger partial charge in [-0.3, -0.25) is 4.79 Å². The van der Waals surface area contributed by atoms with Gasteiger partial charge < -0.3 is 10.6 Å². The van der Waals surface area contributed by atoms with Crippen LogP contribution < -0.4 is 10.6 Å². The number of carbonyl (C=O) groups is 1. The predicted octanol–water partition coefficient (Wildman–Crippen LogP) is 2.54. The summed E-state index contributed by atoms with van der Waals surface area (Å²) in [5.74, 6) is -0.291. The third kappa shape index (κ3) is 4.03. The summed E-state index contributed by atoms with van der Waals surface area (Å²) in [7, 11) is 0. The van der Waals surface area contributed by atoms with Crippen molar-refractivity contribution in [2.75, 3.05) is 6.54 Å². The molecule has 0 aliphatic carbocycles. The minimum atomic E-state index is -0.294. The van der Waals surface area contributed by atoms with Crippen molar-refractivity contribution in [2.24, 2.45) is 0 Å². The lowest BCUT2D eigenvalue weighted by Crippen LogP contribution is -2.39. The van der Waals surface area contributed by atoms with Gasteiger partial charge >= 0.3 is 0 Å². The first-order chi connectivity index (χ1) is 9.16. The fourth-order valence-electron chi connectivity index (χ4n) is 2.53. The van der Waals surface area contributed by atoms with E-state index in [-0.39, 0.29) is 23.8 Å². The van der Waals surface area contributed by atoms with Gasteiger partial charge in [-0.2, -0.15) is 0 Å². The zero-order valence-electron chi connectivity index (χ0n) is 11.3. The largest absolute Gasteiger partial charge is 0.349 e. The summed E-state index contributed by atoms with van der Waals surface area (Å²) < 4.78 is 13.6. The molecule has 1 amide bonds. The van der Waals surface area contributed by atoms with Gasteiger partial charge in [0.25, 0.3) is 0 Å². The summed E-state index contributed by atoms with van der Waals surface area (Å²) in [6.07, 6.45) is 3.87. The van der Waals surface area contributed by atoms with Crippen LogP contribution in [0.3, 0.4) is 0 Å². The van der Waals surface area contributed by atoms with E-state index in [0.717, 1.165) is 13.0 Å². The van der Waals surface area contributed by atoms with Crippen LogP contribution in [0.5, 0.6) is 0 Å². The molecule has 0 aromatic heterocycles. The summed E-state index contributed by atoms with van der Waals surface area (Å²) in [6, 6.07) is 6.53. The summed E-state index contributed by atoms with van der Waals surface area (Å²) in [5.41, 5.74) is 0.535. The number of hydrogen-bond acceptors (Lipinski definition) is 2. The average molecular weight is 264 g/mol. The van der Waals surface area contributed by atoms with Gasteiger partial charge in [-0.25, -0.2) is 4.39 Å². The zero-order valence-corrected chi connectivity index (χ0v) is 11.3. The van der Waals surface area contributed by atoms with Gasteiger partial charge in [0.15, 0.2) is 0 Å². The lowest BCUT2D eigenvalue weighted by atomic mass is 10.0. The Morgan fingerprint density at radius 3 is 2.95 bits per heavy atom. The molecule has 0 saturated carbocycles. The van der Waals surface area contributed by atoms with Gasteiger partial charge in [0, 0.05) is 18.0 Å². The fourth-order valence-corrected chi connectivity index (χ4v) is 2.53. The zero-order chi connectivity index (χ0) is 13.7. The highest BCUT2D eigenvalue weighted by atomic mass is 19.1. The maximum absolute atomic E-state index is 13.6. The molecule has 0 radical (unpaired) electrons. The summed E-state index contributed by atoms with van der Waals surface area (Å²) in [6.45, 7) is 2.80. The summed E-state index contributed by atoms with van der Waals surface area (Å²) >= 11 is 0. The van der Waals surface area contributed by atoms with Crippen molar-refractivity contribution in [2.45, 2.75) is 44.7 Å². The van der Waals surface area contributed by atoms with Crippen LogP contribution in [0.4, 0.5) is 4.39 Å². The van der Waals surface area contributed by atoms with Crippen molar-refractivity contribution in [3.8, 4) is 0 Å². The van der Waals surface area contributed by atoms with Gasteiger partial charge in [0.1, 0.15) is 5.82 Å². The summed E-state index contributed by atoms with van der Waals surface area (Å²) in [4.78, 5) is 11.9. The maximum Gasteiger partial charge on any atom is 0.222 e. The summed E-state index contributed by atoms with van der Waals surface area (Å²) in [5, 5.41) is 6.20. The van der Waals surface area contributed by atoms with Crippen molar-refractivity contribution >= 4 is 5.91 Å². The van der Waals surface area contributed by atoms with Gasteiger partial charge in [0.05, 0.1) is 6.04 Å². The third-order valence-electron chi connectivity index (χ3n) is 3.59. The van der Waals surface area contributed by atoms with Gasteiger partial charge in [-0.1, -0.05) is 24.6 Å². The van der Waals surface area contributed by atoms with Crippen LogP contribution in [0.2, 0.25) is 0 Å². The first-order valence-electron chi connectivity index (χ1n) is 6.94. The Morgan fingerprint density at radius 1 is 1.47 bits per heavy atom. The van der Waals surface area contributed by atoms with E-state index in [1.54, 1.807) is 18.2 Å². The molecule has 19 heavy (non-hydrogen) atoms. The maximum atomic E-state index is 13.6. The topological polar surface area (TPSA) is 41.1 Å². The van der Waals surface area contributed by atoms with Crippen LogP contribution in [0.25, 0.3) is 0 Å². The first kappa shape index (κ1) is 14.0. The van der Waals surface area contributed by atoms with Crippen LogP contribution in [0.15, 0.2) is 24.3 Å². The number of benzene rings is 1. The van der Waals surface area contributed by atoms with E-state index in [1.807, 2.05) is 6.92 Å². The molecule has 1 aromatic rings. The lowest BCUT2D eigenvalue weighted by molar-refractivity contribution is -0.122. The number of hydrogen-bond donors (Lipinski definition) is 2. The highest BCUT2D eigenvalue weighted by molar-refractivity contribution is 5.77. The van der Waals surface area contributed by atoms with Crippen molar-refractivity contribution in [1.29, 1.82) is 0 Å². The van der Waals surface area contributed by atoms with E-state index in [9.17, 15) is 9.18 Å². The van der Waals surface area contributed by atoms with Gasteiger partial charge in [0.2, 0.25) is 5.91 Å². The molecule has 3 nitrogen and oxygen atoms in total. The van der Waals surface area contributed by atoms with E-state index in [1.165, 1.54) is 18.9 Å². The van der Waals surface area contributed by atoms with Crippen molar-refractivity contribution in [3.63, 3.8) is 0 Å². The Balaban J connectivity index is 1.86. The quantitative estimate of drug-likeness (QED) is 0.877. The molecule has 2 atom stereocenters. The Labute approximate surface area is 113 Å². The van der Waals surface area contributed by atoms with Crippen molar-refractivity contribution < 1.29 is 9.18 Å². The van der Waals surface area contributed by atoms with Crippen LogP contribution in [-0.2, 0) is 4.79 Å². The van der Waals surface area contributed by atoms with Gasteiger partial charge in [-0.05, 0) is 32.4 Å². The third-order valence-corrected chi connectivity index (χ3v) is 3.59. The molecule has 1 saturated heterocycles. The Morgan fingerprint density at radius 2 is 2.26 bits per heavy atom. The number of halogens is 1. The van der Waals surface area contributed by atoms with Crippen LogP contribution in [0.1, 0.15) is 44.2 Å². The monoisotopic (exact) mass is 264 g/mol. The number of piperidine rings is 1. The minimum Gasteiger partial charge on any atom is -0.349 e. The molecule has 1 fully saturated rings. The molecule has 0 bridgehead atoms. The predicted molar refractivity (Wildman–Crippen MR) is 73.2 cm³/mol. The average Bonchev–Trinajstić information content (AvgIpc) is 2.40. The fraction of sp³-hybridized carbons (Fsp3) is 0.533.